The Morgan fingerprint density at radius 3 is 2.56 bits per heavy atom. The van der Waals surface area contributed by atoms with E-state index in [0.717, 1.165) is 57.5 Å². The van der Waals surface area contributed by atoms with Crippen molar-refractivity contribution in [1.82, 2.24) is 20.1 Å². The molecule has 190 valence electrons. The van der Waals surface area contributed by atoms with Gasteiger partial charge in [0.25, 0.3) is 11.8 Å². The molecule has 0 spiro atoms. The molecule has 36 heavy (non-hydrogen) atoms. The summed E-state index contributed by atoms with van der Waals surface area (Å²) < 4.78 is 0. The quantitative estimate of drug-likeness (QED) is 0.667. The summed E-state index contributed by atoms with van der Waals surface area (Å²) in [5.41, 5.74) is 2.48. The molecule has 3 heterocycles. The van der Waals surface area contributed by atoms with Crippen molar-refractivity contribution in [3.05, 3.63) is 53.9 Å². The third kappa shape index (κ3) is 5.67. The Labute approximate surface area is 211 Å². The van der Waals surface area contributed by atoms with Gasteiger partial charge in [-0.1, -0.05) is 0 Å². The second kappa shape index (κ2) is 11.1. The van der Waals surface area contributed by atoms with Gasteiger partial charge in [-0.05, 0) is 62.6 Å². The predicted molar refractivity (Wildman–Crippen MR) is 138 cm³/mol. The Balaban J connectivity index is 1.39. The Hall–Kier alpha value is -3.46. The topological polar surface area (TPSA) is 97.9 Å². The third-order valence-electron chi connectivity index (χ3n) is 7.12. The average molecular weight is 491 g/mol. The van der Waals surface area contributed by atoms with Crippen molar-refractivity contribution in [2.45, 2.75) is 25.7 Å². The number of anilines is 2. The normalized spacial score (nSPS) is 18.8. The zero-order valence-corrected chi connectivity index (χ0v) is 20.6. The Morgan fingerprint density at radius 2 is 1.75 bits per heavy atom. The van der Waals surface area contributed by atoms with Crippen molar-refractivity contribution in [2.75, 3.05) is 62.6 Å². The standard InChI is InChI=1S/C27H34N6O3/c34-25(22-4-1-9-29-19-22)30-23-18-21(27(36)32-12-2-10-28-11-15-32)7-8-24(23)31-13-3-14-33(17-16-31)26(35)20-5-6-20/h1,4,7-9,18-20,28H,2-3,5-6,10-17H2,(H,30,34). The van der Waals surface area contributed by atoms with Gasteiger partial charge in [0.05, 0.1) is 16.9 Å². The summed E-state index contributed by atoms with van der Waals surface area (Å²) >= 11 is 0. The van der Waals surface area contributed by atoms with Crippen LogP contribution in [0.2, 0.25) is 0 Å². The zero-order valence-electron chi connectivity index (χ0n) is 20.6. The molecule has 1 aromatic heterocycles. The predicted octanol–water partition coefficient (Wildman–Crippen LogP) is 2.22. The minimum Gasteiger partial charge on any atom is -0.368 e. The van der Waals surface area contributed by atoms with Gasteiger partial charge >= 0.3 is 0 Å². The van der Waals surface area contributed by atoms with Crippen molar-refractivity contribution in [1.29, 1.82) is 0 Å². The molecular weight excluding hydrogens is 456 g/mol. The van der Waals surface area contributed by atoms with Crippen LogP contribution in [-0.4, -0.2) is 84.9 Å². The maximum absolute atomic E-state index is 13.3. The maximum Gasteiger partial charge on any atom is 0.257 e. The monoisotopic (exact) mass is 490 g/mol. The number of hydrogen-bond acceptors (Lipinski definition) is 6. The molecule has 0 bridgehead atoms. The first-order chi connectivity index (χ1) is 17.6. The summed E-state index contributed by atoms with van der Waals surface area (Å²) in [7, 11) is 0. The van der Waals surface area contributed by atoms with Crippen LogP contribution in [0, 0.1) is 5.92 Å². The minimum atomic E-state index is -0.270. The van der Waals surface area contributed by atoms with Gasteiger partial charge in [-0.25, -0.2) is 0 Å². The molecule has 3 amide bonds. The molecule has 1 saturated carbocycles. The van der Waals surface area contributed by atoms with Crippen LogP contribution < -0.4 is 15.5 Å². The summed E-state index contributed by atoms with van der Waals surface area (Å²) in [5, 5.41) is 6.36. The van der Waals surface area contributed by atoms with Crippen molar-refractivity contribution in [3.8, 4) is 0 Å². The Bertz CT molecular complexity index is 1100. The molecule has 1 aromatic carbocycles. The molecule has 9 nitrogen and oxygen atoms in total. The first-order valence-corrected chi connectivity index (χ1v) is 13.0. The van der Waals surface area contributed by atoms with Gasteiger partial charge in [0.15, 0.2) is 0 Å². The van der Waals surface area contributed by atoms with Gasteiger partial charge in [-0.15, -0.1) is 0 Å². The number of amides is 3. The fraction of sp³-hybridized carbons (Fsp3) is 0.481. The molecule has 3 aliphatic rings. The number of hydrogen-bond donors (Lipinski definition) is 2. The van der Waals surface area contributed by atoms with Gasteiger partial charge in [0.1, 0.15) is 0 Å². The highest BCUT2D eigenvalue weighted by Crippen LogP contribution is 2.33. The average Bonchev–Trinajstić information content (AvgIpc) is 3.77. The summed E-state index contributed by atoms with van der Waals surface area (Å²) in [4.78, 5) is 49.1. The summed E-state index contributed by atoms with van der Waals surface area (Å²) in [6, 6.07) is 9.02. The van der Waals surface area contributed by atoms with Crippen molar-refractivity contribution >= 4 is 29.1 Å². The zero-order chi connectivity index (χ0) is 24.9. The molecule has 2 N–H and O–H groups in total. The van der Waals surface area contributed by atoms with E-state index < -0.39 is 0 Å². The van der Waals surface area contributed by atoms with Crippen LogP contribution in [0.25, 0.3) is 0 Å². The number of benzene rings is 1. The molecule has 5 rings (SSSR count). The van der Waals surface area contributed by atoms with Crippen LogP contribution in [0.5, 0.6) is 0 Å². The Kier molecular flexibility index (Phi) is 7.46. The number of aromatic nitrogens is 1. The Morgan fingerprint density at radius 1 is 0.889 bits per heavy atom. The third-order valence-corrected chi connectivity index (χ3v) is 7.12. The molecule has 9 heteroatoms. The fourth-order valence-electron chi connectivity index (χ4n) is 4.94. The van der Waals surface area contributed by atoms with Crippen LogP contribution in [-0.2, 0) is 4.79 Å². The van der Waals surface area contributed by atoms with E-state index in [9.17, 15) is 14.4 Å². The van der Waals surface area contributed by atoms with Crippen LogP contribution in [0.4, 0.5) is 11.4 Å². The van der Waals surface area contributed by atoms with E-state index in [1.165, 1.54) is 6.20 Å². The summed E-state index contributed by atoms with van der Waals surface area (Å²) in [6.45, 7) is 5.92. The van der Waals surface area contributed by atoms with E-state index in [4.69, 9.17) is 0 Å². The number of carbonyl (C=O) groups excluding carboxylic acids is 3. The van der Waals surface area contributed by atoms with E-state index in [1.807, 2.05) is 21.9 Å². The summed E-state index contributed by atoms with van der Waals surface area (Å²) in [5.74, 6) is 0.188. The van der Waals surface area contributed by atoms with Gasteiger partial charge < -0.3 is 25.3 Å². The number of nitrogens with zero attached hydrogens (tertiary/aromatic N) is 4. The van der Waals surface area contributed by atoms with E-state index in [-0.39, 0.29) is 23.6 Å². The highest BCUT2D eigenvalue weighted by Gasteiger charge is 2.34. The molecular formula is C27H34N6O3. The second-order valence-electron chi connectivity index (χ2n) is 9.76. The number of carbonyl (C=O) groups is 3. The number of rotatable bonds is 5. The van der Waals surface area contributed by atoms with Gasteiger partial charge in [-0.3, -0.25) is 19.4 Å². The van der Waals surface area contributed by atoms with E-state index in [1.54, 1.807) is 24.4 Å². The van der Waals surface area contributed by atoms with Crippen LogP contribution >= 0.6 is 0 Å². The first kappa shape index (κ1) is 24.2. The molecule has 0 unspecified atom stereocenters. The smallest absolute Gasteiger partial charge is 0.257 e. The highest BCUT2D eigenvalue weighted by atomic mass is 16.2. The molecule has 1 aliphatic carbocycles. The molecule has 0 atom stereocenters. The molecule has 0 radical (unpaired) electrons. The van der Waals surface area contributed by atoms with Crippen LogP contribution in [0.15, 0.2) is 42.7 Å². The molecule has 3 fully saturated rings. The SMILES string of the molecule is O=C(Nc1cc(C(=O)N2CCCNCC2)ccc1N1CCCN(C(=O)C2CC2)CC1)c1cccnc1. The summed E-state index contributed by atoms with van der Waals surface area (Å²) in [6.07, 6.45) is 6.94. The van der Waals surface area contributed by atoms with Gasteiger partial charge in [-0.2, -0.15) is 0 Å². The van der Waals surface area contributed by atoms with Crippen molar-refractivity contribution < 1.29 is 14.4 Å². The van der Waals surface area contributed by atoms with Gasteiger partial charge in [0.2, 0.25) is 5.91 Å². The van der Waals surface area contributed by atoms with Gasteiger partial charge in [0, 0.05) is 69.7 Å². The molecule has 2 saturated heterocycles. The lowest BCUT2D eigenvalue weighted by molar-refractivity contribution is -0.132. The van der Waals surface area contributed by atoms with E-state index in [0.29, 0.717) is 43.0 Å². The lowest BCUT2D eigenvalue weighted by Gasteiger charge is -2.27. The fourth-order valence-corrected chi connectivity index (χ4v) is 4.94. The van der Waals surface area contributed by atoms with E-state index >= 15 is 0 Å². The first-order valence-electron chi connectivity index (χ1n) is 13.0. The number of nitrogens with one attached hydrogen (secondary N) is 2. The molecule has 2 aromatic rings. The maximum atomic E-state index is 13.3. The largest absolute Gasteiger partial charge is 0.368 e. The van der Waals surface area contributed by atoms with Crippen molar-refractivity contribution in [3.63, 3.8) is 0 Å². The van der Waals surface area contributed by atoms with Crippen molar-refractivity contribution in [2.24, 2.45) is 5.92 Å². The molecule has 2 aliphatic heterocycles. The number of pyridine rings is 1. The lowest BCUT2D eigenvalue weighted by atomic mass is 10.1. The second-order valence-corrected chi connectivity index (χ2v) is 9.76. The lowest BCUT2D eigenvalue weighted by Crippen LogP contribution is -2.36. The van der Waals surface area contributed by atoms with Crippen LogP contribution in [0.3, 0.4) is 0 Å². The minimum absolute atomic E-state index is 0.0285. The highest BCUT2D eigenvalue weighted by molar-refractivity contribution is 6.07. The van der Waals surface area contributed by atoms with Crippen LogP contribution in [0.1, 0.15) is 46.4 Å². The van der Waals surface area contributed by atoms with E-state index in [2.05, 4.69) is 20.5 Å².